The molecule has 2 heteroatoms. The van der Waals surface area contributed by atoms with Crippen LogP contribution in [0, 0.1) is 0 Å². The topological polar surface area (TPSA) is 52.0 Å². The number of fused-ring (bicyclic) bond motifs is 2. The maximum Gasteiger partial charge on any atom is 0.0178 e. The zero-order valence-corrected chi connectivity index (χ0v) is 16.8. The second-order valence-electron chi connectivity index (χ2n) is 7.71. The Labute approximate surface area is 176 Å². The number of rotatable bonds is 4. The molecule has 5 rings (SSSR count). The van der Waals surface area contributed by atoms with Gasteiger partial charge in [-0.25, -0.2) is 0 Å². The Morgan fingerprint density at radius 1 is 0.500 bits per heavy atom. The Morgan fingerprint density at radius 2 is 1.07 bits per heavy atom. The van der Waals surface area contributed by atoms with Crippen LogP contribution >= 0.6 is 0 Å². The highest BCUT2D eigenvalue weighted by molar-refractivity contribution is 6.09. The van der Waals surface area contributed by atoms with E-state index >= 15 is 0 Å². The molecule has 0 amide bonds. The van der Waals surface area contributed by atoms with E-state index in [1.54, 1.807) is 0 Å². The molecule has 5 aromatic rings. The first kappa shape index (κ1) is 18.6. The zero-order valence-electron chi connectivity index (χ0n) is 16.8. The van der Waals surface area contributed by atoms with Crippen molar-refractivity contribution in [1.82, 2.24) is 0 Å². The molecule has 0 heterocycles. The van der Waals surface area contributed by atoms with Crippen molar-refractivity contribution in [2.24, 2.45) is 11.5 Å². The van der Waals surface area contributed by atoms with Crippen molar-refractivity contribution < 1.29 is 0 Å². The molecule has 2 nitrogen and oxygen atoms in total. The van der Waals surface area contributed by atoms with Crippen LogP contribution in [0.15, 0.2) is 97.1 Å². The zero-order chi connectivity index (χ0) is 20.5. The summed E-state index contributed by atoms with van der Waals surface area (Å²) in [6, 6.07) is 34.8. The van der Waals surface area contributed by atoms with E-state index in [0.29, 0.717) is 13.1 Å². The van der Waals surface area contributed by atoms with Crippen LogP contribution in [0.3, 0.4) is 0 Å². The summed E-state index contributed by atoms with van der Waals surface area (Å²) in [5, 5.41) is 5.01. The Bertz CT molecular complexity index is 1330. The first-order valence-electron chi connectivity index (χ1n) is 10.3. The van der Waals surface area contributed by atoms with Crippen molar-refractivity contribution in [3.63, 3.8) is 0 Å². The molecule has 0 fully saturated rings. The lowest BCUT2D eigenvalue weighted by molar-refractivity contribution is 1.07. The van der Waals surface area contributed by atoms with Gasteiger partial charge in [-0.3, -0.25) is 0 Å². The van der Waals surface area contributed by atoms with Crippen molar-refractivity contribution in [2.75, 3.05) is 0 Å². The van der Waals surface area contributed by atoms with Gasteiger partial charge in [0.05, 0.1) is 0 Å². The third kappa shape index (κ3) is 3.26. The van der Waals surface area contributed by atoms with Gasteiger partial charge in [0.1, 0.15) is 0 Å². The molecule has 0 saturated heterocycles. The van der Waals surface area contributed by atoms with Gasteiger partial charge in [0.25, 0.3) is 0 Å². The van der Waals surface area contributed by atoms with Crippen LogP contribution in [0.1, 0.15) is 11.1 Å². The number of nitrogens with two attached hydrogens (primary N) is 2. The molecule has 0 atom stereocenters. The Morgan fingerprint density at radius 3 is 1.67 bits per heavy atom. The van der Waals surface area contributed by atoms with Crippen molar-refractivity contribution >= 4 is 21.5 Å². The molecule has 30 heavy (non-hydrogen) atoms. The van der Waals surface area contributed by atoms with Gasteiger partial charge >= 0.3 is 0 Å². The molecule has 0 radical (unpaired) electrons. The van der Waals surface area contributed by atoms with Gasteiger partial charge in [-0.2, -0.15) is 0 Å². The molecule has 0 bridgehead atoms. The summed E-state index contributed by atoms with van der Waals surface area (Å²) in [4.78, 5) is 0. The van der Waals surface area contributed by atoms with E-state index in [0.717, 1.165) is 11.1 Å². The molecule has 5 aromatic carbocycles. The highest BCUT2D eigenvalue weighted by Crippen LogP contribution is 2.39. The van der Waals surface area contributed by atoms with Gasteiger partial charge in [0.15, 0.2) is 0 Å². The van der Waals surface area contributed by atoms with Crippen molar-refractivity contribution in [3.8, 4) is 22.3 Å². The van der Waals surface area contributed by atoms with Gasteiger partial charge in [-0.1, -0.05) is 84.9 Å². The summed E-state index contributed by atoms with van der Waals surface area (Å²) in [6.07, 6.45) is 0. The molecule has 0 aromatic heterocycles. The van der Waals surface area contributed by atoms with E-state index < -0.39 is 0 Å². The third-order valence-corrected chi connectivity index (χ3v) is 5.87. The average molecular weight is 389 g/mol. The predicted molar refractivity (Wildman–Crippen MR) is 128 cm³/mol. The lowest BCUT2D eigenvalue weighted by Gasteiger charge is -2.16. The molecule has 146 valence electrons. The maximum atomic E-state index is 5.83. The van der Waals surface area contributed by atoms with Crippen molar-refractivity contribution in [1.29, 1.82) is 0 Å². The molecule has 0 aliphatic heterocycles. The smallest absolute Gasteiger partial charge is 0.0178 e. The Balaban J connectivity index is 1.82. The summed E-state index contributed by atoms with van der Waals surface area (Å²) in [7, 11) is 0. The monoisotopic (exact) mass is 388 g/mol. The molecule has 0 saturated carbocycles. The lowest BCUT2D eigenvalue weighted by Crippen LogP contribution is -1.96. The van der Waals surface area contributed by atoms with Crippen LogP contribution in [0.2, 0.25) is 0 Å². The predicted octanol–water partition coefficient (Wildman–Crippen LogP) is 6.24. The number of hydrogen-bond donors (Lipinski definition) is 2. The highest BCUT2D eigenvalue weighted by Gasteiger charge is 2.13. The normalized spacial score (nSPS) is 11.3. The van der Waals surface area contributed by atoms with Gasteiger partial charge in [-0.15, -0.1) is 0 Å². The average Bonchev–Trinajstić information content (AvgIpc) is 2.82. The summed E-state index contributed by atoms with van der Waals surface area (Å²) in [5.41, 5.74) is 18.8. The molecule has 0 aliphatic carbocycles. The lowest BCUT2D eigenvalue weighted by atomic mass is 9.88. The van der Waals surface area contributed by atoms with Crippen LogP contribution in [-0.4, -0.2) is 0 Å². The second-order valence-corrected chi connectivity index (χ2v) is 7.71. The fourth-order valence-corrected chi connectivity index (χ4v) is 4.19. The van der Waals surface area contributed by atoms with E-state index in [4.69, 9.17) is 11.5 Å². The largest absolute Gasteiger partial charge is 0.326 e. The van der Waals surface area contributed by atoms with Crippen molar-refractivity contribution in [2.45, 2.75) is 13.1 Å². The second kappa shape index (κ2) is 7.75. The summed E-state index contributed by atoms with van der Waals surface area (Å²) in [5.74, 6) is 0. The minimum absolute atomic E-state index is 0.549. The Hall–Kier alpha value is -3.46. The van der Waals surface area contributed by atoms with Crippen LogP contribution in [0.4, 0.5) is 0 Å². The molecular formula is C28H24N2. The quantitative estimate of drug-likeness (QED) is 0.358. The van der Waals surface area contributed by atoms with Crippen LogP contribution in [-0.2, 0) is 13.1 Å². The van der Waals surface area contributed by atoms with E-state index in [9.17, 15) is 0 Å². The van der Waals surface area contributed by atoms with Crippen LogP contribution in [0.25, 0.3) is 43.8 Å². The van der Waals surface area contributed by atoms with Crippen molar-refractivity contribution in [3.05, 3.63) is 108 Å². The number of hydrogen-bond acceptors (Lipinski definition) is 2. The van der Waals surface area contributed by atoms with E-state index in [1.807, 2.05) is 0 Å². The fraction of sp³-hybridized carbons (Fsp3) is 0.0714. The first-order valence-corrected chi connectivity index (χ1v) is 10.3. The highest BCUT2D eigenvalue weighted by atomic mass is 14.5. The maximum absolute atomic E-state index is 5.83. The minimum atomic E-state index is 0.549. The summed E-state index contributed by atoms with van der Waals surface area (Å²) >= 11 is 0. The van der Waals surface area contributed by atoms with Crippen LogP contribution in [0.5, 0.6) is 0 Å². The Kier molecular flexibility index (Phi) is 4.80. The van der Waals surface area contributed by atoms with E-state index in [1.165, 1.54) is 43.8 Å². The van der Waals surface area contributed by atoms with Crippen LogP contribution < -0.4 is 11.5 Å². The fourth-order valence-electron chi connectivity index (χ4n) is 4.19. The van der Waals surface area contributed by atoms with Gasteiger partial charge in [-0.05, 0) is 67.1 Å². The molecule has 4 N–H and O–H groups in total. The standard InChI is InChI=1S/C28H24N2/c29-17-19-5-9-21(10-6-19)26-14-13-25-15-23-3-1-2-4-24(23)16-27(25)28(26)22-11-7-20(18-30)8-12-22/h1-16H,17-18,29-30H2. The van der Waals surface area contributed by atoms with E-state index in [2.05, 4.69) is 97.1 Å². The van der Waals surface area contributed by atoms with Gasteiger partial charge in [0, 0.05) is 13.1 Å². The summed E-state index contributed by atoms with van der Waals surface area (Å²) < 4.78 is 0. The third-order valence-electron chi connectivity index (χ3n) is 5.87. The molecule has 0 spiro atoms. The van der Waals surface area contributed by atoms with E-state index in [-0.39, 0.29) is 0 Å². The molecule has 0 aliphatic rings. The number of benzene rings is 5. The van der Waals surface area contributed by atoms with Gasteiger partial charge < -0.3 is 11.5 Å². The van der Waals surface area contributed by atoms with Gasteiger partial charge in [0.2, 0.25) is 0 Å². The summed E-state index contributed by atoms with van der Waals surface area (Å²) in [6.45, 7) is 1.10. The first-order chi connectivity index (χ1) is 14.8. The minimum Gasteiger partial charge on any atom is -0.326 e. The molecule has 0 unspecified atom stereocenters. The molecular weight excluding hydrogens is 364 g/mol. The SMILES string of the molecule is NCc1ccc(-c2ccc3cc4ccccc4cc3c2-c2ccc(CN)cc2)cc1.